The van der Waals surface area contributed by atoms with Crippen LogP contribution in [0.2, 0.25) is 0 Å². The SMILES string of the molecule is CCOB(OC(C)(C)CC)c1cc(C#N)cc(N2CCN(C(=O)OC(C)(C)C)CC2)c1. The van der Waals surface area contributed by atoms with Crippen LogP contribution < -0.4 is 10.4 Å². The summed E-state index contributed by atoms with van der Waals surface area (Å²) in [4.78, 5) is 16.3. The van der Waals surface area contributed by atoms with Gasteiger partial charge < -0.3 is 23.8 Å². The molecule has 1 heterocycles. The van der Waals surface area contributed by atoms with E-state index in [0.29, 0.717) is 38.3 Å². The van der Waals surface area contributed by atoms with Crippen molar-refractivity contribution in [1.29, 1.82) is 5.26 Å². The molecule has 1 aromatic carbocycles. The van der Waals surface area contributed by atoms with Crippen molar-refractivity contribution in [3.05, 3.63) is 23.8 Å². The second-order valence-electron chi connectivity index (χ2n) is 9.40. The van der Waals surface area contributed by atoms with Gasteiger partial charge in [-0.05, 0) is 71.6 Å². The molecule has 31 heavy (non-hydrogen) atoms. The largest absolute Gasteiger partial charge is 0.494 e. The molecule has 1 fully saturated rings. The first-order valence-corrected chi connectivity index (χ1v) is 11.1. The second-order valence-corrected chi connectivity index (χ2v) is 9.40. The predicted octanol–water partition coefficient (Wildman–Crippen LogP) is 3.55. The molecule has 0 radical (unpaired) electrons. The second kappa shape index (κ2) is 10.4. The highest BCUT2D eigenvalue weighted by Crippen LogP contribution is 2.21. The smallest absolute Gasteiger partial charge is 0.444 e. The van der Waals surface area contributed by atoms with Crippen molar-refractivity contribution in [2.75, 3.05) is 37.7 Å². The number of rotatable bonds is 7. The molecule has 0 spiro atoms. The van der Waals surface area contributed by atoms with Crippen LogP contribution in [0.4, 0.5) is 10.5 Å². The minimum Gasteiger partial charge on any atom is -0.444 e. The average molecular weight is 429 g/mol. The molecule has 0 aliphatic carbocycles. The summed E-state index contributed by atoms with van der Waals surface area (Å²) < 4.78 is 17.6. The summed E-state index contributed by atoms with van der Waals surface area (Å²) in [6, 6.07) is 7.98. The third-order valence-corrected chi connectivity index (χ3v) is 5.23. The number of carbonyl (C=O) groups is 1. The highest BCUT2D eigenvalue weighted by molar-refractivity contribution is 6.61. The third-order valence-electron chi connectivity index (χ3n) is 5.23. The Morgan fingerprint density at radius 1 is 1.10 bits per heavy atom. The number of nitrogens with zero attached hydrogens (tertiary/aromatic N) is 3. The number of benzene rings is 1. The van der Waals surface area contributed by atoms with Gasteiger partial charge in [-0.25, -0.2) is 4.79 Å². The molecule has 0 atom stereocenters. The standard InChI is InChI=1S/C23H36BN3O4/c1-8-23(6,7)31-24(29-9-2)19-14-18(17-25)15-20(16-19)26-10-12-27(13-11-26)21(28)30-22(3,4)5/h14-16H,8-13H2,1-7H3. The maximum atomic E-state index is 12.3. The lowest BCUT2D eigenvalue weighted by molar-refractivity contribution is 0.0240. The van der Waals surface area contributed by atoms with Gasteiger partial charge in [0.25, 0.3) is 0 Å². The first-order chi connectivity index (χ1) is 14.5. The summed E-state index contributed by atoms with van der Waals surface area (Å²) in [5, 5.41) is 9.58. The van der Waals surface area contributed by atoms with Crippen LogP contribution in [0.5, 0.6) is 0 Å². The van der Waals surface area contributed by atoms with Crippen molar-refractivity contribution >= 4 is 24.4 Å². The van der Waals surface area contributed by atoms with Gasteiger partial charge in [0.05, 0.1) is 11.6 Å². The fraction of sp³-hybridized carbons (Fsp3) is 0.652. The van der Waals surface area contributed by atoms with Crippen molar-refractivity contribution in [1.82, 2.24) is 4.90 Å². The molecule has 1 aliphatic heterocycles. The number of hydrogen-bond acceptors (Lipinski definition) is 6. The molecule has 0 bridgehead atoms. The van der Waals surface area contributed by atoms with E-state index in [0.717, 1.165) is 17.6 Å². The number of ether oxygens (including phenoxy) is 1. The first kappa shape index (κ1) is 25.0. The van der Waals surface area contributed by atoms with E-state index in [4.69, 9.17) is 14.0 Å². The molecule has 1 saturated heterocycles. The Morgan fingerprint density at radius 2 is 1.74 bits per heavy atom. The molecule has 0 unspecified atom stereocenters. The maximum Gasteiger partial charge on any atom is 0.494 e. The van der Waals surface area contributed by atoms with E-state index in [1.807, 2.05) is 59.7 Å². The summed E-state index contributed by atoms with van der Waals surface area (Å²) in [5.74, 6) is 0. The highest BCUT2D eigenvalue weighted by Gasteiger charge is 2.31. The Kier molecular flexibility index (Phi) is 8.38. The van der Waals surface area contributed by atoms with Crippen molar-refractivity contribution < 1.29 is 18.8 Å². The van der Waals surface area contributed by atoms with Crippen LogP contribution in [0.3, 0.4) is 0 Å². The van der Waals surface area contributed by atoms with Gasteiger partial charge in [0.15, 0.2) is 0 Å². The lowest BCUT2D eigenvalue weighted by Gasteiger charge is -2.37. The van der Waals surface area contributed by atoms with E-state index in [1.54, 1.807) is 4.90 Å². The third kappa shape index (κ3) is 7.44. The molecule has 0 saturated carbocycles. The number of nitriles is 1. The molecule has 1 aliphatic rings. The molecule has 1 aromatic rings. The maximum absolute atomic E-state index is 12.3. The number of hydrogen-bond donors (Lipinski definition) is 0. The van der Waals surface area contributed by atoms with E-state index in [1.165, 1.54) is 0 Å². The average Bonchev–Trinajstić information content (AvgIpc) is 2.72. The quantitative estimate of drug-likeness (QED) is 0.617. The molecule has 170 valence electrons. The Labute approximate surface area is 187 Å². The van der Waals surface area contributed by atoms with E-state index in [2.05, 4.69) is 17.9 Å². The zero-order chi connectivity index (χ0) is 23.2. The molecular weight excluding hydrogens is 393 g/mol. The molecule has 0 N–H and O–H groups in total. The van der Waals surface area contributed by atoms with Gasteiger partial charge in [-0.2, -0.15) is 5.26 Å². The van der Waals surface area contributed by atoms with Gasteiger partial charge in [0, 0.05) is 44.1 Å². The number of piperazine rings is 1. The van der Waals surface area contributed by atoms with Gasteiger partial charge in [0.1, 0.15) is 5.60 Å². The Hall–Kier alpha value is -2.24. The van der Waals surface area contributed by atoms with Gasteiger partial charge in [-0.3, -0.25) is 0 Å². The first-order valence-electron chi connectivity index (χ1n) is 11.1. The number of amides is 1. The number of anilines is 1. The summed E-state index contributed by atoms with van der Waals surface area (Å²) in [5.41, 5.74) is 1.46. The molecule has 0 aromatic heterocycles. The fourth-order valence-corrected chi connectivity index (χ4v) is 3.21. The fourth-order valence-electron chi connectivity index (χ4n) is 3.21. The minimum atomic E-state index is -0.546. The van der Waals surface area contributed by atoms with Crippen LogP contribution in [0, 0.1) is 11.3 Å². The summed E-state index contributed by atoms with van der Waals surface area (Å²) in [7, 11) is -0.546. The summed E-state index contributed by atoms with van der Waals surface area (Å²) in [6.45, 7) is 16.6. The number of carbonyl (C=O) groups excluding carboxylic acids is 1. The summed E-state index contributed by atoms with van der Waals surface area (Å²) >= 11 is 0. The normalized spacial score (nSPS) is 14.9. The van der Waals surface area contributed by atoms with Crippen molar-refractivity contribution in [3.63, 3.8) is 0 Å². The Balaban J connectivity index is 2.19. The van der Waals surface area contributed by atoms with E-state index < -0.39 is 12.7 Å². The molecular formula is C23H36BN3O4. The van der Waals surface area contributed by atoms with Crippen LogP contribution in [-0.2, 0) is 14.0 Å². The van der Waals surface area contributed by atoms with E-state index in [9.17, 15) is 10.1 Å². The van der Waals surface area contributed by atoms with Gasteiger partial charge in [-0.15, -0.1) is 0 Å². The predicted molar refractivity (Wildman–Crippen MR) is 124 cm³/mol. The van der Waals surface area contributed by atoms with E-state index >= 15 is 0 Å². The zero-order valence-electron chi connectivity index (χ0n) is 20.0. The molecule has 7 nitrogen and oxygen atoms in total. The topological polar surface area (TPSA) is 75.0 Å². The van der Waals surface area contributed by atoms with Crippen LogP contribution in [0.15, 0.2) is 18.2 Å². The molecule has 2 rings (SSSR count). The lowest BCUT2D eigenvalue weighted by Crippen LogP contribution is -2.50. The molecule has 1 amide bonds. The van der Waals surface area contributed by atoms with Crippen LogP contribution in [0.1, 0.15) is 60.5 Å². The monoisotopic (exact) mass is 429 g/mol. The van der Waals surface area contributed by atoms with E-state index in [-0.39, 0.29) is 11.7 Å². The van der Waals surface area contributed by atoms with Gasteiger partial charge in [-0.1, -0.05) is 6.92 Å². The molecule has 8 heteroatoms. The Morgan fingerprint density at radius 3 is 2.26 bits per heavy atom. The van der Waals surface area contributed by atoms with Crippen molar-refractivity contribution in [3.8, 4) is 6.07 Å². The zero-order valence-corrected chi connectivity index (χ0v) is 20.0. The minimum absolute atomic E-state index is 0.287. The highest BCUT2D eigenvalue weighted by atomic mass is 16.6. The van der Waals surface area contributed by atoms with Crippen LogP contribution in [0.25, 0.3) is 0 Å². The van der Waals surface area contributed by atoms with Crippen LogP contribution in [-0.4, -0.2) is 62.1 Å². The van der Waals surface area contributed by atoms with Gasteiger partial charge >= 0.3 is 13.2 Å². The lowest BCUT2D eigenvalue weighted by atomic mass is 9.76. The van der Waals surface area contributed by atoms with Crippen LogP contribution >= 0.6 is 0 Å². The summed E-state index contributed by atoms with van der Waals surface area (Å²) in [6.07, 6.45) is 0.554. The van der Waals surface area contributed by atoms with Gasteiger partial charge in [0.2, 0.25) is 0 Å². The van der Waals surface area contributed by atoms with Crippen molar-refractivity contribution in [2.45, 2.75) is 66.1 Å². The Bertz CT molecular complexity index is 793. The van der Waals surface area contributed by atoms with Crippen molar-refractivity contribution in [2.24, 2.45) is 0 Å².